The minimum Gasteiger partial charge on any atom is -0.494 e. The first-order chi connectivity index (χ1) is 13.8. The van der Waals surface area contributed by atoms with Crippen molar-refractivity contribution >= 4 is 23.2 Å². The van der Waals surface area contributed by atoms with Crippen LogP contribution in [0.3, 0.4) is 0 Å². The van der Waals surface area contributed by atoms with Crippen molar-refractivity contribution in [2.45, 2.75) is 13.5 Å². The molecule has 0 amide bonds. The first-order valence-electron chi connectivity index (χ1n) is 8.52. The first kappa shape index (κ1) is 20.6. The Morgan fingerprint density at radius 2 is 1.83 bits per heavy atom. The predicted octanol–water partition coefficient (Wildman–Crippen LogP) is 4.29. The van der Waals surface area contributed by atoms with Gasteiger partial charge in [0.15, 0.2) is 11.6 Å². The van der Waals surface area contributed by atoms with Gasteiger partial charge in [-0.05, 0) is 42.3 Å². The Morgan fingerprint density at radius 3 is 2.48 bits per heavy atom. The number of anilines is 2. The van der Waals surface area contributed by atoms with Gasteiger partial charge in [0.05, 0.1) is 27.0 Å². The number of nitrogens with zero attached hydrogens (tertiary/aromatic N) is 2. The molecule has 6 nitrogen and oxygen atoms in total. The fraction of sp³-hybridized carbons (Fsp3) is 0.200. The van der Waals surface area contributed by atoms with Gasteiger partial charge in [0.25, 0.3) is 0 Å². The van der Waals surface area contributed by atoms with Crippen molar-refractivity contribution in [1.29, 1.82) is 0 Å². The van der Waals surface area contributed by atoms with E-state index in [2.05, 4.69) is 10.3 Å². The molecule has 0 radical (unpaired) electrons. The number of nitrogens with one attached hydrogen (secondary N) is 1. The molecule has 0 atom stereocenters. The maximum absolute atomic E-state index is 13.9. The van der Waals surface area contributed by atoms with Crippen LogP contribution in [0.2, 0.25) is 5.02 Å². The number of halogens is 3. The summed E-state index contributed by atoms with van der Waals surface area (Å²) in [4.78, 5) is 16.2. The zero-order valence-corrected chi connectivity index (χ0v) is 16.7. The fourth-order valence-electron chi connectivity index (χ4n) is 2.80. The van der Waals surface area contributed by atoms with Gasteiger partial charge in [-0.3, -0.25) is 4.79 Å². The number of ether oxygens (including phenoxy) is 2. The van der Waals surface area contributed by atoms with Gasteiger partial charge in [-0.25, -0.2) is 8.78 Å². The maximum Gasteiger partial charge on any atom is 0.316 e. The smallest absolute Gasteiger partial charge is 0.316 e. The zero-order valence-electron chi connectivity index (χ0n) is 15.9. The Kier molecular flexibility index (Phi) is 6.03. The third-order valence-electron chi connectivity index (χ3n) is 4.20. The standard InChI is InChI=1S/C20H18ClF2N3O3/c1-11-4-15(23)17(28-2)8-16(11)24-20-25-19(27)18(29-3)10-26(20)9-12-5-13(21)7-14(22)6-12/h4-8,10H,9H2,1-3H3,(H,24,25,27). The maximum atomic E-state index is 13.9. The Morgan fingerprint density at radius 1 is 1.10 bits per heavy atom. The molecule has 3 rings (SSSR count). The lowest BCUT2D eigenvalue weighted by Crippen LogP contribution is -2.19. The summed E-state index contributed by atoms with van der Waals surface area (Å²) in [6.45, 7) is 1.85. The molecule has 1 heterocycles. The van der Waals surface area contributed by atoms with E-state index in [4.69, 9.17) is 21.1 Å². The van der Waals surface area contributed by atoms with E-state index in [1.807, 2.05) is 0 Å². The van der Waals surface area contributed by atoms with E-state index >= 15 is 0 Å². The molecule has 0 spiro atoms. The van der Waals surface area contributed by atoms with E-state index < -0.39 is 17.2 Å². The van der Waals surface area contributed by atoms with Gasteiger partial charge in [0, 0.05) is 16.8 Å². The average Bonchev–Trinajstić information content (AvgIpc) is 2.65. The summed E-state index contributed by atoms with van der Waals surface area (Å²) >= 11 is 5.93. The van der Waals surface area contributed by atoms with Crippen LogP contribution in [-0.4, -0.2) is 23.8 Å². The van der Waals surface area contributed by atoms with Crippen LogP contribution in [-0.2, 0) is 6.54 Å². The third kappa shape index (κ3) is 4.65. The van der Waals surface area contributed by atoms with Crippen molar-refractivity contribution in [3.8, 4) is 11.5 Å². The van der Waals surface area contributed by atoms with Gasteiger partial charge >= 0.3 is 5.56 Å². The van der Waals surface area contributed by atoms with E-state index in [0.29, 0.717) is 16.8 Å². The second-order valence-corrected chi connectivity index (χ2v) is 6.71. The minimum atomic E-state index is -0.588. The quantitative estimate of drug-likeness (QED) is 0.643. The second-order valence-electron chi connectivity index (χ2n) is 6.27. The summed E-state index contributed by atoms with van der Waals surface area (Å²) in [6, 6.07) is 6.89. The monoisotopic (exact) mass is 421 g/mol. The van der Waals surface area contributed by atoms with Crippen molar-refractivity contribution in [3.63, 3.8) is 0 Å². The lowest BCUT2D eigenvalue weighted by molar-refractivity contribution is 0.386. The van der Waals surface area contributed by atoms with Gasteiger partial charge < -0.3 is 19.4 Å². The molecule has 3 aromatic rings. The predicted molar refractivity (Wildman–Crippen MR) is 107 cm³/mol. The topological polar surface area (TPSA) is 65.4 Å². The number of aromatic nitrogens is 2. The van der Waals surface area contributed by atoms with Crippen LogP contribution >= 0.6 is 11.6 Å². The highest BCUT2D eigenvalue weighted by Crippen LogP contribution is 2.28. The first-order valence-corrected chi connectivity index (χ1v) is 8.90. The van der Waals surface area contributed by atoms with E-state index in [9.17, 15) is 13.6 Å². The van der Waals surface area contributed by atoms with Gasteiger partial charge in [0.2, 0.25) is 11.7 Å². The van der Waals surface area contributed by atoms with Crippen molar-refractivity contribution in [2.24, 2.45) is 0 Å². The zero-order chi connectivity index (χ0) is 21.1. The number of hydrogen-bond donors (Lipinski definition) is 1. The molecule has 0 unspecified atom stereocenters. The molecule has 0 fully saturated rings. The highest BCUT2D eigenvalue weighted by atomic mass is 35.5. The van der Waals surface area contributed by atoms with E-state index in [1.165, 1.54) is 44.7 Å². The molecule has 0 saturated heterocycles. The summed E-state index contributed by atoms with van der Waals surface area (Å²) in [5.41, 5.74) is 1.04. The number of benzene rings is 2. The van der Waals surface area contributed by atoms with Crippen molar-refractivity contribution in [2.75, 3.05) is 19.5 Å². The average molecular weight is 422 g/mol. The number of rotatable bonds is 6. The molecule has 0 aliphatic carbocycles. The normalized spacial score (nSPS) is 10.7. The highest BCUT2D eigenvalue weighted by Gasteiger charge is 2.14. The molecule has 1 N–H and O–H groups in total. The molecular formula is C20H18ClF2N3O3. The van der Waals surface area contributed by atoms with Gasteiger partial charge in [-0.15, -0.1) is 0 Å². The number of hydrogen-bond acceptors (Lipinski definition) is 5. The van der Waals surface area contributed by atoms with Crippen LogP contribution in [0, 0.1) is 18.6 Å². The van der Waals surface area contributed by atoms with Crippen LogP contribution in [0.25, 0.3) is 0 Å². The summed E-state index contributed by atoms with van der Waals surface area (Å²) in [5.74, 6) is -0.774. The van der Waals surface area contributed by atoms with E-state index in [-0.39, 0.29) is 29.0 Å². The number of aryl methyl sites for hydroxylation is 1. The molecule has 9 heteroatoms. The summed E-state index contributed by atoms with van der Waals surface area (Å²) in [7, 11) is 2.71. The molecule has 0 aliphatic rings. The summed E-state index contributed by atoms with van der Waals surface area (Å²) in [6.07, 6.45) is 1.45. The van der Waals surface area contributed by atoms with Gasteiger partial charge in [-0.2, -0.15) is 4.98 Å². The highest BCUT2D eigenvalue weighted by molar-refractivity contribution is 6.30. The molecular weight excluding hydrogens is 404 g/mol. The largest absolute Gasteiger partial charge is 0.494 e. The fourth-order valence-corrected chi connectivity index (χ4v) is 3.04. The second kappa shape index (κ2) is 8.48. The molecule has 152 valence electrons. The summed E-state index contributed by atoms with van der Waals surface area (Å²) in [5, 5.41) is 3.25. The summed E-state index contributed by atoms with van der Waals surface area (Å²) < 4.78 is 39.2. The van der Waals surface area contributed by atoms with Crippen molar-refractivity contribution < 1.29 is 18.3 Å². The molecule has 0 bridgehead atoms. The van der Waals surface area contributed by atoms with E-state index in [0.717, 1.165) is 0 Å². The Bertz CT molecular complexity index is 1100. The molecule has 0 saturated carbocycles. The molecule has 1 aromatic heterocycles. The molecule has 2 aromatic carbocycles. The van der Waals surface area contributed by atoms with Crippen LogP contribution < -0.4 is 20.3 Å². The van der Waals surface area contributed by atoms with Gasteiger partial charge in [0.1, 0.15) is 5.82 Å². The Hall–Kier alpha value is -3.13. The Balaban J connectivity index is 2.06. The van der Waals surface area contributed by atoms with Crippen molar-refractivity contribution in [1.82, 2.24) is 9.55 Å². The molecule has 29 heavy (non-hydrogen) atoms. The van der Waals surface area contributed by atoms with Crippen LogP contribution in [0.4, 0.5) is 20.4 Å². The lowest BCUT2D eigenvalue weighted by atomic mass is 10.2. The van der Waals surface area contributed by atoms with Crippen LogP contribution in [0.1, 0.15) is 11.1 Å². The SMILES string of the molecule is COc1cc(Nc2nc(=O)c(OC)cn2Cc2cc(F)cc(Cl)c2)c(C)cc1F. The molecule has 0 aliphatic heterocycles. The number of methoxy groups -OCH3 is 2. The minimum absolute atomic E-state index is 0.0199. The Labute approximate surface area is 170 Å². The van der Waals surface area contributed by atoms with Crippen LogP contribution in [0.15, 0.2) is 41.3 Å². The van der Waals surface area contributed by atoms with Crippen molar-refractivity contribution in [3.05, 3.63) is 74.7 Å². The van der Waals surface area contributed by atoms with E-state index in [1.54, 1.807) is 17.6 Å². The lowest BCUT2D eigenvalue weighted by Gasteiger charge is -2.17. The van der Waals surface area contributed by atoms with Gasteiger partial charge in [-0.1, -0.05) is 11.6 Å². The third-order valence-corrected chi connectivity index (χ3v) is 4.42. The van der Waals surface area contributed by atoms with Crippen LogP contribution in [0.5, 0.6) is 11.5 Å².